The molecule has 1 fully saturated rings. The first-order valence-electron chi connectivity index (χ1n) is 6.38. The molecule has 1 aliphatic rings. The van der Waals surface area contributed by atoms with Crippen LogP contribution in [-0.2, 0) is 4.79 Å². The Morgan fingerprint density at radius 2 is 2.00 bits per heavy atom. The van der Waals surface area contributed by atoms with E-state index in [1.54, 1.807) is 0 Å². The molecule has 0 saturated heterocycles. The Morgan fingerprint density at radius 1 is 1.33 bits per heavy atom. The molecule has 2 rings (SSSR count). The van der Waals surface area contributed by atoms with Gasteiger partial charge in [0.2, 0.25) is 5.91 Å². The summed E-state index contributed by atoms with van der Waals surface area (Å²) in [6.45, 7) is 4.00. The lowest BCUT2D eigenvalue weighted by Crippen LogP contribution is -2.32. The fraction of sp³-hybridized carbons (Fsp3) is 0.467. The predicted octanol–water partition coefficient (Wildman–Crippen LogP) is 3.33. The molecule has 1 amide bonds. The number of aryl methyl sites for hydroxylation is 1. The zero-order chi connectivity index (χ0) is 13.2. The Balaban J connectivity index is 2.22. The van der Waals surface area contributed by atoms with Gasteiger partial charge in [-0.25, -0.2) is 0 Å². The highest BCUT2D eigenvalue weighted by molar-refractivity contribution is 5.98. The first kappa shape index (κ1) is 12.6. The maximum Gasteiger partial charge on any atom is 0.244 e. The van der Waals surface area contributed by atoms with Crippen LogP contribution in [0.3, 0.4) is 0 Å². The van der Waals surface area contributed by atoms with Gasteiger partial charge in [-0.2, -0.15) is 5.26 Å². The van der Waals surface area contributed by atoms with Gasteiger partial charge in [-0.1, -0.05) is 25.0 Å². The summed E-state index contributed by atoms with van der Waals surface area (Å²) >= 11 is 0. The maximum atomic E-state index is 12.3. The summed E-state index contributed by atoms with van der Waals surface area (Å²) in [5, 5.41) is 12.2. The molecule has 0 aliphatic heterocycles. The van der Waals surface area contributed by atoms with Gasteiger partial charge in [0, 0.05) is 5.69 Å². The van der Waals surface area contributed by atoms with E-state index in [0.717, 1.165) is 29.7 Å². The van der Waals surface area contributed by atoms with Gasteiger partial charge in [-0.05, 0) is 43.9 Å². The molecule has 3 nitrogen and oxygen atoms in total. The second-order valence-corrected chi connectivity index (χ2v) is 5.10. The third-order valence-corrected chi connectivity index (χ3v) is 3.96. The maximum absolute atomic E-state index is 12.3. The van der Waals surface area contributed by atoms with Crippen LogP contribution in [-0.4, -0.2) is 5.91 Å². The van der Waals surface area contributed by atoms with Crippen molar-refractivity contribution in [2.24, 2.45) is 5.41 Å². The molecular weight excluding hydrogens is 224 g/mol. The second-order valence-electron chi connectivity index (χ2n) is 5.10. The number of nitrogens with zero attached hydrogens (tertiary/aromatic N) is 1. The van der Waals surface area contributed by atoms with Crippen molar-refractivity contribution in [3.05, 3.63) is 29.3 Å². The molecule has 0 unspecified atom stereocenters. The molecule has 1 saturated carbocycles. The molecule has 0 atom stereocenters. The molecule has 18 heavy (non-hydrogen) atoms. The van der Waals surface area contributed by atoms with Crippen molar-refractivity contribution < 1.29 is 4.79 Å². The Morgan fingerprint density at radius 3 is 2.61 bits per heavy atom. The summed E-state index contributed by atoms with van der Waals surface area (Å²) in [7, 11) is 0. The number of anilines is 1. The van der Waals surface area contributed by atoms with Crippen molar-refractivity contribution in [2.75, 3.05) is 5.32 Å². The van der Waals surface area contributed by atoms with E-state index in [9.17, 15) is 10.1 Å². The smallest absolute Gasteiger partial charge is 0.244 e. The lowest BCUT2D eigenvalue weighted by atomic mass is 9.87. The van der Waals surface area contributed by atoms with Crippen molar-refractivity contribution in [2.45, 2.75) is 39.5 Å². The van der Waals surface area contributed by atoms with Crippen LogP contribution in [0.2, 0.25) is 0 Å². The molecule has 0 spiro atoms. The number of carbonyl (C=O) groups excluding carboxylic acids is 1. The van der Waals surface area contributed by atoms with Crippen molar-refractivity contribution in [1.82, 2.24) is 0 Å². The van der Waals surface area contributed by atoms with Crippen LogP contribution in [0.5, 0.6) is 0 Å². The normalized spacial score (nSPS) is 17.2. The Kier molecular flexibility index (Phi) is 3.38. The topological polar surface area (TPSA) is 52.9 Å². The van der Waals surface area contributed by atoms with Gasteiger partial charge in [0.1, 0.15) is 5.41 Å². The highest BCUT2D eigenvalue weighted by Crippen LogP contribution is 2.38. The highest BCUT2D eigenvalue weighted by atomic mass is 16.2. The number of hydrogen-bond acceptors (Lipinski definition) is 2. The summed E-state index contributed by atoms with van der Waals surface area (Å²) in [4.78, 5) is 12.3. The Labute approximate surface area is 108 Å². The van der Waals surface area contributed by atoms with Crippen LogP contribution in [0.4, 0.5) is 5.69 Å². The molecule has 1 aliphatic carbocycles. The average Bonchev–Trinajstić information content (AvgIpc) is 2.85. The number of amides is 1. The van der Waals surface area contributed by atoms with Gasteiger partial charge in [0.25, 0.3) is 0 Å². The lowest BCUT2D eigenvalue weighted by molar-refractivity contribution is -0.122. The van der Waals surface area contributed by atoms with Gasteiger partial charge < -0.3 is 5.32 Å². The molecule has 1 aromatic rings. The van der Waals surface area contributed by atoms with Crippen LogP contribution in [0.1, 0.15) is 36.8 Å². The van der Waals surface area contributed by atoms with Crippen molar-refractivity contribution in [1.29, 1.82) is 5.26 Å². The summed E-state index contributed by atoms with van der Waals surface area (Å²) in [5.74, 6) is -0.142. The minimum Gasteiger partial charge on any atom is -0.324 e. The van der Waals surface area contributed by atoms with E-state index in [1.165, 1.54) is 0 Å². The number of hydrogen-bond donors (Lipinski definition) is 1. The zero-order valence-electron chi connectivity index (χ0n) is 10.9. The number of carbonyl (C=O) groups is 1. The molecule has 0 bridgehead atoms. The Hall–Kier alpha value is -1.82. The van der Waals surface area contributed by atoms with Crippen molar-refractivity contribution in [3.8, 4) is 6.07 Å². The van der Waals surface area contributed by atoms with E-state index in [1.807, 2.05) is 32.0 Å². The number of nitrogens with one attached hydrogen (secondary N) is 1. The average molecular weight is 242 g/mol. The highest BCUT2D eigenvalue weighted by Gasteiger charge is 2.41. The summed E-state index contributed by atoms with van der Waals surface area (Å²) in [5.41, 5.74) is 2.22. The molecule has 0 radical (unpaired) electrons. The van der Waals surface area contributed by atoms with Gasteiger partial charge in [-0.3, -0.25) is 4.79 Å². The first-order valence-corrected chi connectivity index (χ1v) is 6.38. The minimum atomic E-state index is -0.809. The first-order chi connectivity index (χ1) is 8.59. The third-order valence-electron chi connectivity index (χ3n) is 3.96. The monoisotopic (exact) mass is 242 g/mol. The fourth-order valence-electron chi connectivity index (χ4n) is 2.50. The minimum absolute atomic E-state index is 0.142. The van der Waals surface area contributed by atoms with Crippen LogP contribution in [0.25, 0.3) is 0 Å². The van der Waals surface area contributed by atoms with E-state index in [4.69, 9.17) is 0 Å². The van der Waals surface area contributed by atoms with E-state index in [2.05, 4.69) is 11.4 Å². The van der Waals surface area contributed by atoms with Gasteiger partial charge in [-0.15, -0.1) is 0 Å². The van der Waals surface area contributed by atoms with Crippen LogP contribution < -0.4 is 5.32 Å². The van der Waals surface area contributed by atoms with Crippen LogP contribution in [0.15, 0.2) is 18.2 Å². The summed E-state index contributed by atoms with van der Waals surface area (Å²) in [6, 6.07) is 8.05. The van der Waals surface area contributed by atoms with E-state index >= 15 is 0 Å². The molecule has 0 aromatic heterocycles. The molecule has 0 heterocycles. The summed E-state index contributed by atoms with van der Waals surface area (Å²) in [6.07, 6.45) is 3.29. The van der Waals surface area contributed by atoms with Crippen molar-refractivity contribution in [3.63, 3.8) is 0 Å². The second kappa shape index (κ2) is 4.81. The molecule has 1 N–H and O–H groups in total. The van der Waals surface area contributed by atoms with E-state index in [0.29, 0.717) is 12.8 Å². The zero-order valence-corrected chi connectivity index (χ0v) is 10.9. The van der Waals surface area contributed by atoms with Crippen molar-refractivity contribution >= 4 is 11.6 Å². The third kappa shape index (κ3) is 2.11. The van der Waals surface area contributed by atoms with E-state index in [-0.39, 0.29) is 5.91 Å². The standard InChI is InChI=1S/C15H18N2O/c1-11-6-5-7-13(12(11)2)17-14(18)15(10-16)8-3-4-9-15/h5-7H,3-4,8-9H2,1-2H3,(H,17,18). The predicted molar refractivity (Wildman–Crippen MR) is 71.1 cm³/mol. The quantitative estimate of drug-likeness (QED) is 0.864. The fourth-order valence-corrected chi connectivity index (χ4v) is 2.50. The van der Waals surface area contributed by atoms with Gasteiger partial charge >= 0.3 is 0 Å². The lowest BCUT2D eigenvalue weighted by Gasteiger charge is -2.20. The summed E-state index contributed by atoms with van der Waals surface area (Å²) < 4.78 is 0. The van der Waals surface area contributed by atoms with Crippen LogP contribution in [0, 0.1) is 30.6 Å². The molecule has 3 heteroatoms. The van der Waals surface area contributed by atoms with Gasteiger partial charge in [0.15, 0.2) is 0 Å². The van der Waals surface area contributed by atoms with Crippen LogP contribution >= 0.6 is 0 Å². The largest absolute Gasteiger partial charge is 0.324 e. The molecule has 94 valence electrons. The number of nitriles is 1. The molecule has 1 aromatic carbocycles. The number of benzene rings is 1. The van der Waals surface area contributed by atoms with E-state index < -0.39 is 5.41 Å². The SMILES string of the molecule is Cc1cccc(NC(=O)C2(C#N)CCCC2)c1C. The number of rotatable bonds is 2. The van der Waals surface area contributed by atoms with Gasteiger partial charge in [0.05, 0.1) is 6.07 Å². The molecular formula is C15H18N2O. The Bertz CT molecular complexity index is 508.